The van der Waals surface area contributed by atoms with Crippen molar-refractivity contribution in [2.45, 2.75) is 26.0 Å². The molecule has 3 aromatic rings. The molecule has 32 heavy (non-hydrogen) atoms. The Morgan fingerprint density at radius 1 is 1.34 bits per heavy atom. The number of amides is 1. The molecule has 2 heterocycles. The Morgan fingerprint density at radius 2 is 2.09 bits per heavy atom. The number of benzene rings is 1. The van der Waals surface area contributed by atoms with E-state index < -0.39 is 29.7 Å². The van der Waals surface area contributed by atoms with Crippen LogP contribution < -0.4 is 21.2 Å². The van der Waals surface area contributed by atoms with Crippen molar-refractivity contribution in [3.05, 3.63) is 65.1 Å². The Morgan fingerprint density at radius 3 is 2.78 bits per heavy atom. The third-order valence-corrected chi connectivity index (χ3v) is 4.92. The molecule has 2 aromatic heterocycles. The van der Waals surface area contributed by atoms with E-state index in [9.17, 15) is 18.7 Å². The number of imidazole rings is 1. The van der Waals surface area contributed by atoms with E-state index in [1.54, 1.807) is 32.3 Å². The fraction of sp³-hybridized carbons (Fsp3) is 0.286. The van der Waals surface area contributed by atoms with E-state index in [1.807, 2.05) is 0 Å². The molecule has 0 fully saturated rings. The average molecular weight is 446 g/mol. The molecule has 0 saturated carbocycles. The zero-order chi connectivity index (χ0) is 23.5. The Kier molecular flexibility index (Phi) is 6.58. The van der Waals surface area contributed by atoms with Gasteiger partial charge in [0.1, 0.15) is 23.7 Å². The van der Waals surface area contributed by atoms with Gasteiger partial charge in [-0.3, -0.25) is 9.20 Å². The van der Waals surface area contributed by atoms with E-state index in [0.29, 0.717) is 11.3 Å². The summed E-state index contributed by atoms with van der Waals surface area (Å²) in [5.74, 6) is -2.23. The first-order valence-electron chi connectivity index (χ1n) is 9.69. The van der Waals surface area contributed by atoms with Crippen LogP contribution in [-0.2, 0) is 6.61 Å². The smallest absolute Gasteiger partial charge is 0.271 e. The molecule has 5 N–H and O–H groups in total. The fourth-order valence-corrected chi connectivity index (χ4v) is 3.10. The minimum Gasteiger partial charge on any atom is -0.485 e. The van der Waals surface area contributed by atoms with Crippen LogP contribution in [0.3, 0.4) is 0 Å². The topological polar surface area (TPSA) is 126 Å². The number of rotatable bonds is 8. The van der Waals surface area contributed by atoms with Gasteiger partial charge in [0.05, 0.1) is 12.3 Å². The van der Waals surface area contributed by atoms with Crippen LogP contribution in [0.4, 0.5) is 8.78 Å². The van der Waals surface area contributed by atoms with E-state index in [1.165, 1.54) is 23.5 Å². The summed E-state index contributed by atoms with van der Waals surface area (Å²) in [7, 11) is 1.54. The molecule has 170 valence electrons. The average Bonchev–Trinajstić information content (AvgIpc) is 3.11. The number of pyridine rings is 1. The molecule has 11 heteroatoms. The van der Waals surface area contributed by atoms with Crippen molar-refractivity contribution < 1.29 is 23.4 Å². The van der Waals surface area contributed by atoms with Gasteiger partial charge in [0.25, 0.3) is 5.91 Å². The number of ether oxygens (including phenoxy) is 1. The van der Waals surface area contributed by atoms with Crippen molar-refractivity contribution in [1.29, 1.82) is 0 Å². The minimum absolute atomic E-state index is 0.0107. The van der Waals surface area contributed by atoms with E-state index in [-0.39, 0.29) is 29.4 Å². The summed E-state index contributed by atoms with van der Waals surface area (Å²) in [5.41, 5.74) is 8.02. The van der Waals surface area contributed by atoms with Crippen molar-refractivity contribution in [2.75, 3.05) is 13.7 Å². The number of halogens is 2. The molecule has 0 radical (unpaired) electrons. The van der Waals surface area contributed by atoms with E-state index >= 15 is 0 Å². The molecular formula is C21H24F2N6O3. The quantitative estimate of drug-likeness (QED) is 0.236. The van der Waals surface area contributed by atoms with Crippen LogP contribution in [0.25, 0.3) is 5.65 Å². The molecule has 0 aliphatic heterocycles. The second-order valence-corrected chi connectivity index (χ2v) is 7.28. The number of carbonyl (C=O) groups excluding carboxylic acids is 1. The number of amidine groups is 1. The summed E-state index contributed by atoms with van der Waals surface area (Å²) in [6.07, 6.45) is 1.61. The van der Waals surface area contributed by atoms with Gasteiger partial charge in [-0.2, -0.15) is 5.10 Å². The van der Waals surface area contributed by atoms with Crippen LogP contribution in [0.5, 0.6) is 5.75 Å². The number of nitrogens with one attached hydrogen (secondary N) is 2. The van der Waals surface area contributed by atoms with Crippen LogP contribution in [0.1, 0.15) is 28.7 Å². The van der Waals surface area contributed by atoms with Crippen molar-refractivity contribution in [3.8, 4) is 5.75 Å². The fourth-order valence-electron chi connectivity index (χ4n) is 3.10. The lowest BCUT2D eigenvalue weighted by atomic mass is 10.0. The molecular weight excluding hydrogens is 422 g/mol. The first-order chi connectivity index (χ1) is 15.2. The van der Waals surface area contributed by atoms with Gasteiger partial charge in [-0.25, -0.2) is 13.8 Å². The van der Waals surface area contributed by atoms with Crippen molar-refractivity contribution >= 4 is 17.4 Å². The van der Waals surface area contributed by atoms with Crippen LogP contribution in [0.15, 0.2) is 41.6 Å². The van der Waals surface area contributed by atoms with Gasteiger partial charge in [0, 0.05) is 18.8 Å². The third kappa shape index (κ3) is 4.33. The van der Waals surface area contributed by atoms with Gasteiger partial charge in [0.2, 0.25) is 0 Å². The van der Waals surface area contributed by atoms with Gasteiger partial charge in [-0.1, -0.05) is 12.1 Å². The molecule has 1 aromatic carbocycles. The lowest BCUT2D eigenvalue weighted by molar-refractivity contribution is 0.0891. The molecule has 0 bridgehead atoms. The Bertz CT molecular complexity index is 1180. The third-order valence-electron chi connectivity index (χ3n) is 4.92. The molecule has 0 aliphatic rings. The minimum atomic E-state index is -1.32. The van der Waals surface area contributed by atoms with Crippen LogP contribution >= 0.6 is 0 Å². The van der Waals surface area contributed by atoms with Crippen LogP contribution in [-0.4, -0.2) is 45.4 Å². The maximum atomic E-state index is 13.9. The zero-order valence-corrected chi connectivity index (χ0v) is 17.8. The molecule has 0 spiro atoms. The number of hydrogen-bond acceptors (Lipinski definition) is 6. The highest BCUT2D eigenvalue weighted by atomic mass is 19.2. The van der Waals surface area contributed by atoms with Gasteiger partial charge < -0.3 is 26.3 Å². The number of hydrogen-bond donors (Lipinski definition) is 4. The molecule has 3 rings (SSSR count). The maximum absolute atomic E-state index is 13.9. The summed E-state index contributed by atoms with van der Waals surface area (Å²) in [6.45, 7) is 2.45. The maximum Gasteiger partial charge on any atom is 0.271 e. The molecule has 1 unspecified atom stereocenters. The van der Waals surface area contributed by atoms with E-state index in [0.717, 1.165) is 6.07 Å². The highest BCUT2D eigenvalue weighted by molar-refractivity contribution is 6.00. The van der Waals surface area contributed by atoms with Crippen molar-refractivity contribution in [1.82, 2.24) is 20.1 Å². The second kappa shape index (κ2) is 9.18. The lowest BCUT2D eigenvalue weighted by Gasteiger charge is -2.27. The van der Waals surface area contributed by atoms with Gasteiger partial charge >= 0.3 is 0 Å². The first-order valence-corrected chi connectivity index (χ1v) is 9.69. The monoisotopic (exact) mass is 446 g/mol. The largest absolute Gasteiger partial charge is 0.485 e. The SMILES string of the molecule is CN/N=C(\N)C(C)(CO)NC(=O)c1c(C)nc2c(OCc3cccc(F)c3F)cccn12. The summed E-state index contributed by atoms with van der Waals surface area (Å²) < 4.78 is 34.5. The predicted octanol–water partition coefficient (Wildman–Crippen LogP) is 1.47. The molecule has 0 saturated heterocycles. The highest BCUT2D eigenvalue weighted by Gasteiger charge is 2.32. The van der Waals surface area contributed by atoms with Crippen molar-refractivity contribution in [2.24, 2.45) is 10.8 Å². The highest BCUT2D eigenvalue weighted by Crippen LogP contribution is 2.24. The molecule has 1 atom stereocenters. The van der Waals surface area contributed by atoms with Gasteiger partial charge in [-0.05, 0) is 32.0 Å². The van der Waals surface area contributed by atoms with Crippen LogP contribution in [0.2, 0.25) is 0 Å². The van der Waals surface area contributed by atoms with Crippen molar-refractivity contribution in [3.63, 3.8) is 0 Å². The van der Waals surface area contributed by atoms with Gasteiger partial charge in [0.15, 0.2) is 23.0 Å². The van der Waals surface area contributed by atoms with Crippen LogP contribution in [0, 0.1) is 18.6 Å². The van der Waals surface area contributed by atoms with E-state index in [2.05, 4.69) is 20.8 Å². The van der Waals surface area contributed by atoms with Gasteiger partial charge in [-0.15, -0.1) is 0 Å². The number of aliphatic hydroxyl groups excluding tert-OH is 1. The summed E-state index contributed by atoms with van der Waals surface area (Å²) >= 11 is 0. The Labute approximate surface area is 182 Å². The number of nitrogens with zero attached hydrogens (tertiary/aromatic N) is 3. The normalized spacial score (nSPS) is 13.6. The Balaban J connectivity index is 1.92. The first kappa shape index (κ1) is 22.9. The second-order valence-electron chi connectivity index (χ2n) is 7.28. The molecule has 1 amide bonds. The number of aliphatic hydroxyl groups is 1. The molecule has 0 aliphatic carbocycles. The number of fused-ring (bicyclic) bond motifs is 1. The predicted molar refractivity (Wildman–Crippen MR) is 114 cm³/mol. The summed E-state index contributed by atoms with van der Waals surface area (Å²) in [5, 5.41) is 16.3. The van der Waals surface area contributed by atoms with E-state index in [4.69, 9.17) is 10.5 Å². The Hall–Kier alpha value is -3.73. The standard InChI is InChI=1S/C21H24F2N6O3/c1-12-17(19(31)27-21(2,11-30)20(24)28-25-3)29-9-5-8-15(18(29)26-12)32-10-13-6-4-7-14(22)16(13)23/h4-9,25,30H,10-11H2,1-3H3,(H2,24,28)(H,27,31). The number of hydrazone groups is 1. The number of aromatic nitrogens is 2. The molecule has 9 nitrogen and oxygen atoms in total. The number of nitrogens with two attached hydrogens (primary N) is 1. The lowest BCUT2D eigenvalue weighted by Crippen LogP contribution is -2.58. The number of carbonyl (C=O) groups is 1. The summed E-state index contributed by atoms with van der Waals surface area (Å²) in [6, 6.07) is 7.07. The zero-order valence-electron chi connectivity index (χ0n) is 17.8. The number of aryl methyl sites for hydroxylation is 1. The summed E-state index contributed by atoms with van der Waals surface area (Å²) in [4.78, 5) is 17.4.